The largest absolute Gasteiger partial charge is 0.493 e. The molecule has 3 nitrogen and oxygen atoms in total. The quantitative estimate of drug-likeness (QED) is 0.466. The Morgan fingerprint density at radius 2 is 1.35 bits per heavy atom. The number of unbranched alkanes of at least 4 members (excludes halogenated alkanes) is 3. The van der Waals surface area contributed by atoms with Gasteiger partial charge in [-0.1, -0.05) is 30.3 Å². The molecule has 0 fully saturated rings. The van der Waals surface area contributed by atoms with Crippen LogP contribution < -0.4 is 9.47 Å². The van der Waals surface area contributed by atoms with Gasteiger partial charge in [-0.05, 0) is 56.4 Å². The van der Waals surface area contributed by atoms with Gasteiger partial charge in [-0.3, -0.25) is 4.79 Å². The van der Waals surface area contributed by atoms with Crippen molar-refractivity contribution in [3.63, 3.8) is 0 Å². The lowest BCUT2D eigenvalue weighted by Gasteiger charge is -2.09. The molecule has 0 spiro atoms. The summed E-state index contributed by atoms with van der Waals surface area (Å²) < 4.78 is 11.4. The van der Waals surface area contributed by atoms with Gasteiger partial charge in [-0.15, -0.1) is 0 Å². The molecular weight excluding hydrogens is 288 g/mol. The second-order valence-electron chi connectivity index (χ2n) is 5.53. The molecule has 2 rings (SSSR count). The molecule has 0 heterocycles. The molecule has 0 saturated heterocycles. The van der Waals surface area contributed by atoms with Crippen molar-refractivity contribution in [2.24, 2.45) is 0 Å². The second kappa shape index (κ2) is 9.67. The van der Waals surface area contributed by atoms with E-state index in [1.54, 1.807) is 6.07 Å². The zero-order chi connectivity index (χ0) is 16.3. The van der Waals surface area contributed by atoms with Gasteiger partial charge in [0, 0.05) is 0 Å². The van der Waals surface area contributed by atoms with Crippen LogP contribution in [0.15, 0.2) is 48.5 Å². The highest BCUT2D eigenvalue weighted by Crippen LogP contribution is 2.17. The topological polar surface area (TPSA) is 35.5 Å². The highest BCUT2D eigenvalue weighted by Gasteiger charge is 2.01. The van der Waals surface area contributed by atoms with Gasteiger partial charge in [0.25, 0.3) is 0 Å². The maximum Gasteiger partial charge on any atom is 0.153 e. The summed E-state index contributed by atoms with van der Waals surface area (Å²) in [6, 6.07) is 15.4. The molecule has 0 saturated carbocycles. The smallest absolute Gasteiger partial charge is 0.153 e. The van der Waals surface area contributed by atoms with Crippen LogP contribution >= 0.6 is 0 Å². The number of aldehydes is 1. The third-order valence-corrected chi connectivity index (χ3v) is 3.69. The van der Waals surface area contributed by atoms with Crippen LogP contribution in [0.2, 0.25) is 0 Å². The third kappa shape index (κ3) is 5.78. The molecule has 122 valence electrons. The predicted octanol–water partition coefficient (Wildman–Crippen LogP) is 4.83. The van der Waals surface area contributed by atoms with Crippen LogP contribution in [-0.4, -0.2) is 19.5 Å². The fraction of sp³-hybridized carbons (Fsp3) is 0.350. The fourth-order valence-corrected chi connectivity index (χ4v) is 2.35. The highest BCUT2D eigenvalue weighted by molar-refractivity contribution is 5.79. The monoisotopic (exact) mass is 312 g/mol. The van der Waals surface area contributed by atoms with Gasteiger partial charge in [0.15, 0.2) is 6.29 Å². The minimum absolute atomic E-state index is 0.610. The van der Waals surface area contributed by atoms with E-state index in [9.17, 15) is 4.79 Å². The number of hydrogen-bond donors (Lipinski definition) is 0. The van der Waals surface area contributed by atoms with Gasteiger partial charge in [-0.2, -0.15) is 0 Å². The first-order valence-corrected chi connectivity index (χ1v) is 8.16. The first kappa shape index (κ1) is 17.1. The molecule has 0 radical (unpaired) electrons. The molecule has 0 amide bonds. The molecule has 2 aromatic rings. The predicted molar refractivity (Wildman–Crippen MR) is 92.5 cm³/mol. The van der Waals surface area contributed by atoms with Gasteiger partial charge in [0.2, 0.25) is 0 Å². The summed E-state index contributed by atoms with van der Waals surface area (Å²) >= 11 is 0. The van der Waals surface area contributed by atoms with Crippen LogP contribution in [0, 0.1) is 6.92 Å². The summed E-state index contributed by atoms with van der Waals surface area (Å²) in [4.78, 5) is 10.9. The summed E-state index contributed by atoms with van der Waals surface area (Å²) in [5.41, 5.74) is 1.79. The summed E-state index contributed by atoms with van der Waals surface area (Å²) in [6.07, 6.45) is 5.07. The zero-order valence-electron chi connectivity index (χ0n) is 13.7. The highest BCUT2D eigenvalue weighted by atomic mass is 16.5. The molecule has 2 aromatic carbocycles. The van der Waals surface area contributed by atoms with E-state index >= 15 is 0 Å². The Kier molecular flexibility index (Phi) is 7.18. The fourth-order valence-electron chi connectivity index (χ4n) is 2.35. The van der Waals surface area contributed by atoms with Crippen molar-refractivity contribution < 1.29 is 14.3 Å². The molecular formula is C20H24O3. The standard InChI is InChI=1S/C20H24O3/c1-17-10-4-6-12-19(17)22-14-8-2-3-9-15-23-20-13-7-5-11-18(20)16-21/h4-7,10-13,16H,2-3,8-9,14-15H2,1H3. The van der Waals surface area contributed by atoms with Crippen molar-refractivity contribution in [3.8, 4) is 11.5 Å². The Labute approximate surface area is 138 Å². The van der Waals surface area contributed by atoms with Crippen LogP contribution in [0.1, 0.15) is 41.6 Å². The van der Waals surface area contributed by atoms with E-state index in [-0.39, 0.29) is 0 Å². The molecule has 0 bridgehead atoms. The van der Waals surface area contributed by atoms with Gasteiger partial charge in [0.1, 0.15) is 11.5 Å². The number of hydrogen-bond acceptors (Lipinski definition) is 3. The van der Waals surface area contributed by atoms with Crippen molar-refractivity contribution in [3.05, 3.63) is 59.7 Å². The first-order chi connectivity index (χ1) is 11.3. The molecule has 0 aromatic heterocycles. The number of benzene rings is 2. The number of carbonyl (C=O) groups is 1. The minimum Gasteiger partial charge on any atom is -0.493 e. The van der Waals surface area contributed by atoms with Crippen molar-refractivity contribution in [1.29, 1.82) is 0 Å². The van der Waals surface area contributed by atoms with Crippen molar-refractivity contribution in [1.82, 2.24) is 0 Å². The molecule has 23 heavy (non-hydrogen) atoms. The van der Waals surface area contributed by atoms with E-state index in [0.29, 0.717) is 17.9 Å². The number of carbonyl (C=O) groups excluding carboxylic acids is 1. The number of para-hydroxylation sites is 2. The lowest BCUT2D eigenvalue weighted by atomic mass is 10.2. The number of aryl methyl sites for hydroxylation is 1. The normalized spacial score (nSPS) is 10.3. The van der Waals surface area contributed by atoms with Gasteiger partial charge < -0.3 is 9.47 Å². The molecule has 0 N–H and O–H groups in total. The van der Waals surface area contributed by atoms with E-state index in [4.69, 9.17) is 9.47 Å². The Morgan fingerprint density at radius 1 is 0.783 bits per heavy atom. The number of ether oxygens (including phenoxy) is 2. The average molecular weight is 312 g/mol. The molecule has 0 aliphatic rings. The molecule has 0 atom stereocenters. The van der Waals surface area contributed by atoms with E-state index in [0.717, 1.165) is 44.3 Å². The average Bonchev–Trinajstić information content (AvgIpc) is 2.59. The third-order valence-electron chi connectivity index (χ3n) is 3.69. The second-order valence-corrected chi connectivity index (χ2v) is 5.53. The van der Waals surface area contributed by atoms with E-state index in [1.165, 1.54) is 5.56 Å². The maximum atomic E-state index is 10.9. The first-order valence-electron chi connectivity index (χ1n) is 8.16. The van der Waals surface area contributed by atoms with Crippen LogP contribution in [0.25, 0.3) is 0 Å². The molecule has 0 unspecified atom stereocenters. The van der Waals surface area contributed by atoms with Crippen LogP contribution in [0.4, 0.5) is 0 Å². The van der Waals surface area contributed by atoms with Gasteiger partial charge in [-0.25, -0.2) is 0 Å². The van der Waals surface area contributed by atoms with E-state index in [2.05, 4.69) is 13.0 Å². The molecule has 3 heteroatoms. The lowest BCUT2D eigenvalue weighted by Crippen LogP contribution is -2.01. The van der Waals surface area contributed by atoms with Gasteiger partial charge >= 0.3 is 0 Å². The molecule has 0 aliphatic carbocycles. The summed E-state index contributed by atoms with van der Waals surface area (Å²) in [5.74, 6) is 1.65. The zero-order valence-corrected chi connectivity index (χ0v) is 13.7. The number of rotatable bonds is 10. The van der Waals surface area contributed by atoms with Crippen molar-refractivity contribution in [2.45, 2.75) is 32.6 Å². The van der Waals surface area contributed by atoms with Crippen molar-refractivity contribution in [2.75, 3.05) is 13.2 Å². The van der Waals surface area contributed by atoms with Crippen LogP contribution in [-0.2, 0) is 0 Å². The minimum atomic E-state index is 0.610. The Bertz CT molecular complexity index is 607. The molecule has 0 aliphatic heterocycles. The Balaban J connectivity index is 1.54. The SMILES string of the molecule is Cc1ccccc1OCCCCCCOc1ccccc1C=O. The lowest BCUT2D eigenvalue weighted by molar-refractivity contribution is 0.111. The Morgan fingerprint density at radius 3 is 2.00 bits per heavy atom. The van der Waals surface area contributed by atoms with Crippen LogP contribution in [0.5, 0.6) is 11.5 Å². The van der Waals surface area contributed by atoms with Gasteiger partial charge in [0.05, 0.1) is 18.8 Å². The maximum absolute atomic E-state index is 10.9. The van der Waals surface area contributed by atoms with E-state index < -0.39 is 0 Å². The summed E-state index contributed by atoms with van der Waals surface area (Å²) in [6.45, 7) is 3.45. The van der Waals surface area contributed by atoms with E-state index in [1.807, 2.05) is 36.4 Å². The summed E-state index contributed by atoms with van der Waals surface area (Å²) in [5, 5.41) is 0. The van der Waals surface area contributed by atoms with Crippen LogP contribution in [0.3, 0.4) is 0 Å². The Hall–Kier alpha value is -2.29. The summed E-state index contributed by atoms with van der Waals surface area (Å²) in [7, 11) is 0. The van der Waals surface area contributed by atoms with Crippen molar-refractivity contribution >= 4 is 6.29 Å².